The first-order valence-corrected chi connectivity index (χ1v) is 6.26. The predicted octanol–water partition coefficient (Wildman–Crippen LogP) is 4.12. The van der Waals surface area contributed by atoms with Crippen LogP contribution in [-0.2, 0) is 6.18 Å². The summed E-state index contributed by atoms with van der Waals surface area (Å²) in [7, 11) is 0. The fraction of sp³-hybridized carbons (Fsp3) is 0.0769. The molecule has 0 aliphatic rings. The molecule has 0 aliphatic heterocycles. The number of benzene rings is 1. The molecule has 2 aromatic rings. The lowest BCUT2D eigenvalue weighted by atomic mass is 10.2. The second kappa shape index (κ2) is 5.62. The fourth-order valence-corrected chi connectivity index (χ4v) is 1.69. The van der Waals surface area contributed by atoms with Crippen molar-refractivity contribution < 1.29 is 18.0 Å². The SMILES string of the molecule is O=C(Nc1ccc(C(F)(F)F)cc1)c1ccc(Br)nc1. The molecule has 1 aromatic carbocycles. The second-order valence-electron chi connectivity index (χ2n) is 3.90. The zero-order valence-corrected chi connectivity index (χ0v) is 11.5. The predicted molar refractivity (Wildman–Crippen MR) is 71.3 cm³/mol. The van der Waals surface area contributed by atoms with Crippen molar-refractivity contribution in [3.05, 3.63) is 58.3 Å². The van der Waals surface area contributed by atoms with E-state index >= 15 is 0 Å². The van der Waals surface area contributed by atoms with E-state index in [9.17, 15) is 18.0 Å². The highest BCUT2D eigenvalue weighted by molar-refractivity contribution is 9.10. The van der Waals surface area contributed by atoms with E-state index in [4.69, 9.17) is 0 Å². The molecular weight excluding hydrogens is 337 g/mol. The minimum atomic E-state index is -4.39. The molecule has 1 amide bonds. The maximum atomic E-state index is 12.4. The molecule has 0 atom stereocenters. The van der Waals surface area contributed by atoms with Crippen LogP contribution < -0.4 is 5.32 Å². The maximum Gasteiger partial charge on any atom is 0.416 e. The zero-order chi connectivity index (χ0) is 14.8. The maximum absolute atomic E-state index is 12.4. The summed E-state index contributed by atoms with van der Waals surface area (Å²) in [5.74, 6) is -0.440. The van der Waals surface area contributed by atoms with E-state index in [1.165, 1.54) is 18.3 Å². The Hall–Kier alpha value is -1.89. The number of nitrogens with zero attached hydrogens (tertiary/aromatic N) is 1. The number of alkyl halides is 3. The monoisotopic (exact) mass is 344 g/mol. The van der Waals surface area contributed by atoms with Gasteiger partial charge in [0.15, 0.2) is 0 Å². The van der Waals surface area contributed by atoms with Crippen LogP contribution in [0.1, 0.15) is 15.9 Å². The smallest absolute Gasteiger partial charge is 0.322 e. The summed E-state index contributed by atoms with van der Waals surface area (Å²) >= 11 is 3.14. The fourth-order valence-electron chi connectivity index (χ4n) is 1.46. The lowest BCUT2D eigenvalue weighted by molar-refractivity contribution is -0.137. The molecule has 0 fully saturated rings. The van der Waals surface area contributed by atoms with E-state index < -0.39 is 17.6 Å². The number of halogens is 4. The molecular formula is C13H8BrF3N2O. The zero-order valence-electron chi connectivity index (χ0n) is 9.91. The van der Waals surface area contributed by atoms with Crippen LogP contribution in [-0.4, -0.2) is 10.9 Å². The van der Waals surface area contributed by atoms with Gasteiger partial charge in [-0.15, -0.1) is 0 Å². The van der Waals surface area contributed by atoms with Gasteiger partial charge in [0.2, 0.25) is 0 Å². The Kier molecular flexibility index (Phi) is 4.08. The molecule has 7 heteroatoms. The number of nitrogens with one attached hydrogen (secondary N) is 1. The van der Waals surface area contributed by atoms with Gasteiger partial charge in [-0.3, -0.25) is 4.79 Å². The average molecular weight is 345 g/mol. The lowest BCUT2D eigenvalue weighted by Gasteiger charge is -2.08. The normalized spacial score (nSPS) is 11.2. The van der Waals surface area contributed by atoms with E-state index in [-0.39, 0.29) is 5.69 Å². The van der Waals surface area contributed by atoms with Crippen molar-refractivity contribution in [2.24, 2.45) is 0 Å². The molecule has 20 heavy (non-hydrogen) atoms. The standard InChI is InChI=1S/C13H8BrF3N2O/c14-11-6-1-8(7-18-11)12(20)19-10-4-2-9(3-5-10)13(15,16)17/h1-7H,(H,19,20). The number of carbonyl (C=O) groups excluding carboxylic acids is 1. The van der Waals surface area contributed by atoms with Crippen LogP contribution in [0.4, 0.5) is 18.9 Å². The van der Waals surface area contributed by atoms with Crippen LogP contribution in [0, 0.1) is 0 Å². The van der Waals surface area contributed by atoms with Gasteiger partial charge in [-0.25, -0.2) is 4.98 Å². The Morgan fingerprint density at radius 1 is 1.10 bits per heavy atom. The van der Waals surface area contributed by atoms with Crippen LogP contribution in [0.3, 0.4) is 0 Å². The Bertz CT molecular complexity index is 609. The molecule has 0 saturated heterocycles. The number of carbonyl (C=O) groups is 1. The Morgan fingerprint density at radius 3 is 2.25 bits per heavy atom. The summed E-state index contributed by atoms with van der Waals surface area (Å²) in [6.07, 6.45) is -3.03. The second-order valence-corrected chi connectivity index (χ2v) is 4.71. The molecule has 0 spiro atoms. The van der Waals surface area contributed by atoms with Crippen molar-refractivity contribution in [1.82, 2.24) is 4.98 Å². The van der Waals surface area contributed by atoms with Gasteiger partial charge in [0.1, 0.15) is 4.60 Å². The first-order chi connectivity index (χ1) is 9.36. The first kappa shape index (κ1) is 14.5. The van der Waals surface area contributed by atoms with Crippen molar-refractivity contribution in [1.29, 1.82) is 0 Å². The van der Waals surface area contributed by atoms with Crippen molar-refractivity contribution in [2.45, 2.75) is 6.18 Å². The molecule has 0 bridgehead atoms. The Morgan fingerprint density at radius 2 is 1.75 bits per heavy atom. The molecule has 0 radical (unpaired) electrons. The molecule has 2 rings (SSSR count). The minimum absolute atomic E-state index is 0.283. The van der Waals surface area contributed by atoms with Crippen molar-refractivity contribution >= 4 is 27.5 Å². The van der Waals surface area contributed by atoms with Gasteiger partial charge in [0.25, 0.3) is 5.91 Å². The summed E-state index contributed by atoms with van der Waals surface area (Å²) in [6, 6.07) is 7.38. The number of aromatic nitrogens is 1. The van der Waals surface area contributed by atoms with Gasteiger partial charge < -0.3 is 5.32 Å². The highest BCUT2D eigenvalue weighted by atomic mass is 79.9. The van der Waals surface area contributed by atoms with E-state index in [0.29, 0.717) is 10.2 Å². The summed E-state index contributed by atoms with van der Waals surface area (Å²) in [5, 5.41) is 2.49. The average Bonchev–Trinajstić information content (AvgIpc) is 2.39. The summed E-state index contributed by atoms with van der Waals surface area (Å²) in [4.78, 5) is 15.7. The quantitative estimate of drug-likeness (QED) is 0.833. The molecule has 1 heterocycles. The summed E-state index contributed by atoms with van der Waals surface area (Å²) in [6.45, 7) is 0. The molecule has 0 aliphatic carbocycles. The van der Waals surface area contributed by atoms with Gasteiger partial charge in [0.05, 0.1) is 11.1 Å². The van der Waals surface area contributed by atoms with Gasteiger partial charge in [-0.1, -0.05) is 0 Å². The number of hydrogen-bond acceptors (Lipinski definition) is 2. The minimum Gasteiger partial charge on any atom is -0.322 e. The third-order valence-electron chi connectivity index (χ3n) is 2.46. The molecule has 104 valence electrons. The molecule has 1 aromatic heterocycles. The van der Waals surface area contributed by atoms with Crippen LogP contribution in [0.5, 0.6) is 0 Å². The van der Waals surface area contributed by atoms with Gasteiger partial charge in [0, 0.05) is 11.9 Å². The van der Waals surface area contributed by atoms with Crippen molar-refractivity contribution in [3.8, 4) is 0 Å². The van der Waals surface area contributed by atoms with Crippen LogP contribution in [0.2, 0.25) is 0 Å². The van der Waals surface area contributed by atoms with E-state index in [2.05, 4.69) is 26.2 Å². The van der Waals surface area contributed by atoms with Crippen LogP contribution in [0.25, 0.3) is 0 Å². The van der Waals surface area contributed by atoms with Gasteiger partial charge >= 0.3 is 6.18 Å². The lowest BCUT2D eigenvalue weighted by Crippen LogP contribution is -2.12. The topological polar surface area (TPSA) is 42.0 Å². The number of anilines is 1. The summed E-state index contributed by atoms with van der Waals surface area (Å²) in [5.41, 5.74) is -0.167. The van der Waals surface area contributed by atoms with Crippen molar-refractivity contribution in [3.63, 3.8) is 0 Å². The van der Waals surface area contributed by atoms with Crippen LogP contribution >= 0.6 is 15.9 Å². The third kappa shape index (κ3) is 3.57. The van der Waals surface area contributed by atoms with Crippen LogP contribution in [0.15, 0.2) is 47.2 Å². The number of hydrogen-bond donors (Lipinski definition) is 1. The molecule has 3 nitrogen and oxygen atoms in total. The number of rotatable bonds is 2. The van der Waals surface area contributed by atoms with Gasteiger partial charge in [-0.05, 0) is 52.3 Å². The largest absolute Gasteiger partial charge is 0.416 e. The molecule has 1 N–H and O–H groups in total. The highest BCUT2D eigenvalue weighted by Gasteiger charge is 2.29. The molecule has 0 saturated carbocycles. The van der Waals surface area contributed by atoms with E-state index in [1.807, 2.05) is 0 Å². The molecule has 0 unspecified atom stereocenters. The highest BCUT2D eigenvalue weighted by Crippen LogP contribution is 2.29. The number of pyridine rings is 1. The third-order valence-corrected chi connectivity index (χ3v) is 2.93. The first-order valence-electron chi connectivity index (χ1n) is 5.46. The van der Waals surface area contributed by atoms with E-state index in [1.54, 1.807) is 12.1 Å². The number of amides is 1. The Balaban J connectivity index is 2.10. The van der Waals surface area contributed by atoms with E-state index in [0.717, 1.165) is 12.1 Å². The summed E-state index contributed by atoms with van der Waals surface area (Å²) < 4.78 is 37.7. The Labute approximate surface area is 121 Å². The van der Waals surface area contributed by atoms with Crippen molar-refractivity contribution in [2.75, 3.05) is 5.32 Å². The van der Waals surface area contributed by atoms with Gasteiger partial charge in [-0.2, -0.15) is 13.2 Å².